The molecule has 1 aromatic rings. The molecule has 1 aliphatic rings. The van der Waals surface area contributed by atoms with Gasteiger partial charge in [0.15, 0.2) is 0 Å². The minimum atomic E-state index is -0.429. The SMILES string of the molecule is N#Cc1cc([C@H]2CCNC2)ccc1F. The molecule has 0 unspecified atom stereocenters. The summed E-state index contributed by atoms with van der Waals surface area (Å²) in [6.07, 6.45) is 1.07. The molecule has 0 aliphatic carbocycles. The molecular formula is C11H11FN2. The van der Waals surface area contributed by atoms with Crippen LogP contribution in [0.15, 0.2) is 18.2 Å². The number of nitriles is 1. The topological polar surface area (TPSA) is 35.8 Å². The summed E-state index contributed by atoms with van der Waals surface area (Å²) in [6, 6.07) is 6.68. The number of benzene rings is 1. The maximum atomic E-state index is 13.0. The fraction of sp³-hybridized carbons (Fsp3) is 0.364. The molecule has 1 saturated heterocycles. The average Bonchev–Trinajstić information content (AvgIpc) is 2.71. The molecular weight excluding hydrogens is 179 g/mol. The Morgan fingerprint density at radius 1 is 1.50 bits per heavy atom. The molecule has 1 fully saturated rings. The number of nitrogens with one attached hydrogen (secondary N) is 1. The van der Waals surface area contributed by atoms with Crippen molar-refractivity contribution in [2.45, 2.75) is 12.3 Å². The standard InChI is InChI=1S/C11H11FN2/c12-11-2-1-8(5-10(11)6-13)9-3-4-14-7-9/h1-2,5,9,14H,3-4,7H2/t9-/m0/s1. The van der Waals surface area contributed by atoms with E-state index in [0.717, 1.165) is 25.1 Å². The molecule has 1 N–H and O–H groups in total. The van der Waals surface area contributed by atoms with Crippen LogP contribution < -0.4 is 5.32 Å². The van der Waals surface area contributed by atoms with E-state index in [1.54, 1.807) is 12.1 Å². The summed E-state index contributed by atoms with van der Waals surface area (Å²) in [5.74, 6) is 0.00454. The summed E-state index contributed by atoms with van der Waals surface area (Å²) in [5.41, 5.74) is 1.21. The van der Waals surface area contributed by atoms with Gasteiger partial charge < -0.3 is 5.32 Å². The van der Waals surface area contributed by atoms with E-state index in [1.807, 2.05) is 6.07 Å². The molecule has 72 valence electrons. The van der Waals surface area contributed by atoms with Crippen LogP contribution in [0.4, 0.5) is 4.39 Å². The van der Waals surface area contributed by atoms with Crippen LogP contribution in [-0.4, -0.2) is 13.1 Å². The predicted octanol–water partition coefficient (Wildman–Crippen LogP) is 1.77. The summed E-state index contributed by atoms with van der Waals surface area (Å²) < 4.78 is 13.0. The molecule has 3 heteroatoms. The van der Waals surface area contributed by atoms with Gasteiger partial charge in [-0.15, -0.1) is 0 Å². The zero-order valence-corrected chi connectivity index (χ0v) is 7.76. The number of hydrogen-bond donors (Lipinski definition) is 1. The quantitative estimate of drug-likeness (QED) is 0.732. The van der Waals surface area contributed by atoms with E-state index in [1.165, 1.54) is 6.07 Å². The monoisotopic (exact) mass is 190 g/mol. The van der Waals surface area contributed by atoms with E-state index >= 15 is 0 Å². The Hall–Kier alpha value is -1.40. The second-order valence-electron chi connectivity index (χ2n) is 3.54. The predicted molar refractivity (Wildman–Crippen MR) is 51.3 cm³/mol. The minimum Gasteiger partial charge on any atom is -0.316 e. The number of nitrogens with zero attached hydrogens (tertiary/aromatic N) is 1. The van der Waals surface area contributed by atoms with Crippen molar-refractivity contribution in [1.29, 1.82) is 5.26 Å². The molecule has 0 bridgehead atoms. The third-order valence-electron chi connectivity index (χ3n) is 2.64. The molecule has 0 amide bonds. The van der Waals surface area contributed by atoms with Crippen molar-refractivity contribution in [3.8, 4) is 6.07 Å². The first-order valence-electron chi connectivity index (χ1n) is 4.71. The summed E-state index contributed by atoms with van der Waals surface area (Å²) in [7, 11) is 0. The number of rotatable bonds is 1. The Morgan fingerprint density at radius 2 is 2.36 bits per heavy atom. The highest BCUT2D eigenvalue weighted by atomic mass is 19.1. The second-order valence-corrected chi connectivity index (χ2v) is 3.54. The zero-order chi connectivity index (χ0) is 9.97. The normalized spacial score (nSPS) is 20.7. The van der Waals surface area contributed by atoms with Crippen LogP contribution in [0, 0.1) is 17.1 Å². The van der Waals surface area contributed by atoms with Crippen molar-refractivity contribution in [1.82, 2.24) is 5.32 Å². The Balaban J connectivity index is 2.31. The Morgan fingerprint density at radius 3 is 3.00 bits per heavy atom. The van der Waals surface area contributed by atoms with E-state index < -0.39 is 5.82 Å². The summed E-state index contributed by atoms with van der Waals surface area (Å²) >= 11 is 0. The van der Waals surface area contributed by atoms with E-state index in [-0.39, 0.29) is 5.56 Å². The molecule has 14 heavy (non-hydrogen) atoms. The molecule has 1 aromatic carbocycles. The van der Waals surface area contributed by atoms with Crippen molar-refractivity contribution in [2.24, 2.45) is 0 Å². The van der Waals surface area contributed by atoms with Gasteiger partial charge in [0.1, 0.15) is 11.9 Å². The fourth-order valence-electron chi connectivity index (χ4n) is 1.82. The fourth-order valence-corrected chi connectivity index (χ4v) is 1.82. The molecule has 2 nitrogen and oxygen atoms in total. The highest BCUT2D eigenvalue weighted by molar-refractivity contribution is 5.36. The van der Waals surface area contributed by atoms with Gasteiger partial charge >= 0.3 is 0 Å². The van der Waals surface area contributed by atoms with Crippen LogP contribution in [0.1, 0.15) is 23.5 Å². The molecule has 1 heterocycles. The first-order chi connectivity index (χ1) is 6.81. The lowest BCUT2D eigenvalue weighted by Crippen LogP contribution is -2.08. The Bertz CT molecular complexity index is 375. The summed E-state index contributed by atoms with van der Waals surface area (Å²) in [5, 5.41) is 11.9. The van der Waals surface area contributed by atoms with Crippen LogP contribution in [-0.2, 0) is 0 Å². The summed E-state index contributed by atoms with van der Waals surface area (Å²) in [4.78, 5) is 0. The third kappa shape index (κ3) is 1.61. The average molecular weight is 190 g/mol. The van der Waals surface area contributed by atoms with Gasteiger partial charge in [0.05, 0.1) is 5.56 Å². The molecule has 0 spiro atoms. The van der Waals surface area contributed by atoms with Crippen LogP contribution in [0.3, 0.4) is 0 Å². The van der Waals surface area contributed by atoms with Gasteiger partial charge in [0, 0.05) is 6.54 Å². The first kappa shape index (κ1) is 9.17. The van der Waals surface area contributed by atoms with E-state index in [0.29, 0.717) is 5.92 Å². The first-order valence-corrected chi connectivity index (χ1v) is 4.71. The van der Waals surface area contributed by atoms with Gasteiger partial charge in [-0.05, 0) is 36.6 Å². The molecule has 1 aliphatic heterocycles. The number of hydrogen-bond acceptors (Lipinski definition) is 2. The highest BCUT2D eigenvalue weighted by Gasteiger charge is 2.17. The van der Waals surface area contributed by atoms with E-state index in [4.69, 9.17) is 5.26 Å². The maximum absolute atomic E-state index is 13.0. The van der Waals surface area contributed by atoms with Gasteiger partial charge in [-0.25, -0.2) is 4.39 Å². The van der Waals surface area contributed by atoms with E-state index in [9.17, 15) is 4.39 Å². The van der Waals surface area contributed by atoms with Crippen LogP contribution in [0.5, 0.6) is 0 Å². The van der Waals surface area contributed by atoms with Gasteiger partial charge in [0.25, 0.3) is 0 Å². The Kier molecular flexibility index (Phi) is 2.47. The van der Waals surface area contributed by atoms with Crippen molar-refractivity contribution in [3.63, 3.8) is 0 Å². The van der Waals surface area contributed by atoms with Crippen LogP contribution >= 0.6 is 0 Å². The Labute approximate surface area is 82.4 Å². The smallest absolute Gasteiger partial charge is 0.140 e. The van der Waals surface area contributed by atoms with Crippen LogP contribution in [0.2, 0.25) is 0 Å². The maximum Gasteiger partial charge on any atom is 0.140 e. The lowest BCUT2D eigenvalue weighted by molar-refractivity contribution is 0.621. The minimum absolute atomic E-state index is 0.148. The lowest BCUT2D eigenvalue weighted by atomic mass is 9.97. The second kappa shape index (κ2) is 3.77. The zero-order valence-electron chi connectivity index (χ0n) is 7.76. The summed E-state index contributed by atoms with van der Waals surface area (Å²) in [6.45, 7) is 1.93. The molecule has 0 saturated carbocycles. The number of halogens is 1. The third-order valence-corrected chi connectivity index (χ3v) is 2.64. The van der Waals surface area contributed by atoms with Crippen molar-refractivity contribution in [3.05, 3.63) is 35.1 Å². The largest absolute Gasteiger partial charge is 0.316 e. The van der Waals surface area contributed by atoms with Gasteiger partial charge in [0.2, 0.25) is 0 Å². The highest BCUT2D eigenvalue weighted by Crippen LogP contribution is 2.23. The van der Waals surface area contributed by atoms with Crippen molar-refractivity contribution >= 4 is 0 Å². The van der Waals surface area contributed by atoms with Crippen LogP contribution in [0.25, 0.3) is 0 Å². The lowest BCUT2D eigenvalue weighted by Gasteiger charge is -2.08. The van der Waals surface area contributed by atoms with E-state index in [2.05, 4.69) is 5.32 Å². The van der Waals surface area contributed by atoms with Crippen molar-refractivity contribution < 1.29 is 4.39 Å². The molecule has 2 rings (SSSR count). The molecule has 1 atom stereocenters. The molecule has 0 aromatic heterocycles. The molecule has 0 radical (unpaired) electrons. The van der Waals surface area contributed by atoms with Crippen molar-refractivity contribution in [2.75, 3.05) is 13.1 Å². The van der Waals surface area contributed by atoms with Gasteiger partial charge in [-0.3, -0.25) is 0 Å². The van der Waals surface area contributed by atoms with Gasteiger partial charge in [-0.2, -0.15) is 5.26 Å². The van der Waals surface area contributed by atoms with Gasteiger partial charge in [-0.1, -0.05) is 6.07 Å².